The van der Waals surface area contributed by atoms with Gasteiger partial charge >= 0.3 is 0 Å². The van der Waals surface area contributed by atoms with Crippen molar-refractivity contribution in [2.75, 3.05) is 10.0 Å². The first-order chi connectivity index (χ1) is 12.5. The number of amides is 1. The Bertz CT molecular complexity index is 1020. The lowest BCUT2D eigenvalue weighted by molar-refractivity contribution is 0.102. The van der Waals surface area contributed by atoms with Crippen LogP contribution in [0.4, 0.5) is 15.8 Å². The number of nitrogens with one attached hydrogen (secondary N) is 2. The number of anilines is 2. The molecule has 7 heteroatoms. The van der Waals surface area contributed by atoms with Gasteiger partial charge in [-0.1, -0.05) is 30.3 Å². The second-order valence-electron chi connectivity index (χ2n) is 5.43. The zero-order valence-electron chi connectivity index (χ0n) is 13.5. The van der Waals surface area contributed by atoms with E-state index in [0.29, 0.717) is 11.3 Å². The van der Waals surface area contributed by atoms with Gasteiger partial charge in [-0.15, -0.1) is 0 Å². The van der Waals surface area contributed by atoms with Crippen LogP contribution in [0, 0.1) is 5.82 Å². The number of hydrogen-bond acceptors (Lipinski definition) is 3. The number of benzene rings is 3. The monoisotopic (exact) mass is 370 g/mol. The molecular weight excluding hydrogens is 355 g/mol. The molecule has 5 nitrogen and oxygen atoms in total. The van der Waals surface area contributed by atoms with Gasteiger partial charge in [0.15, 0.2) is 0 Å². The molecule has 0 aliphatic heterocycles. The highest BCUT2D eigenvalue weighted by molar-refractivity contribution is 7.92. The highest BCUT2D eigenvalue weighted by atomic mass is 32.2. The average Bonchev–Trinajstić information content (AvgIpc) is 2.65. The number of para-hydroxylation sites is 1. The minimum Gasteiger partial charge on any atom is -0.322 e. The van der Waals surface area contributed by atoms with Crippen molar-refractivity contribution in [3.63, 3.8) is 0 Å². The van der Waals surface area contributed by atoms with Gasteiger partial charge in [-0.05, 0) is 48.5 Å². The van der Waals surface area contributed by atoms with E-state index >= 15 is 0 Å². The lowest BCUT2D eigenvalue weighted by Crippen LogP contribution is -2.14. The Morgan fingerprint density at radius 3 is 2.08 bits per heavy atom. The van der Waals surface area contributed by atoms with Crippen LogP contribution in [-0.2, 0) is 10.0 Å². The van der Waals surface area contributed by atoms with Crippen LogP contribution < -0.4 is 10.0 Å². The van der Waals surface area contributed by atoms with E-state index < -0.39 is 15.8 Å². The summed E-state index contributed by atoms with van der Waals surface area (Å²) in [6, 6.07) is 19.8. The molecule has 0 heterocycles. The van der Waals surface area contributed by atoms with Gasteiger partial charge < -0.3 is 5.32 Å². The third kappa shape index (κ3) is 4.07. The van der Waals surface area contributed by atoms with Crippen molar-refractivity contribution in [1.82, 2.24) is 0 Å². The van der Waals surface area contributed by atoms with Gasteiger partial charge in [-0.3, -0.25) is 9.52 Å². The lowest BCUT2D eigenvalue weighted by Gasteiger charge is -2.10. The largest absolute Gasteiger partial charge is 0.322 e. The van der Waals surface area contributed by atoms with E-state index in [0.717, 1.165) is 0 Å². The Kier molecular flexibility index (Phi) is 4.99. The molecule has 0 unspecified atom stereocenters. The lowest BCUT2D eigenvalue weighted by atomic mass is 10.2. The molecule has 1 amide bonds. The van der Waals surface area contributed by atoms with E-state index in [1.807, 2.05) is 0 Å². The van der Waals surface area contributed by atoms with Gasteiger partial charge in [0.1, 0.15) is 5.82 Å². The summed E-state index contributed by atoms with van der Waals surface area (Å²) in [6.45, 7) is 0. The van der Waals surface area contributed by atoms with Crippen LogP contribution in [0.15, 0.2) is 83.8 Å². The number of carbonyl (C=O) groups excluding carboxylic acids is 1. The predicted octanol–water partition coefficient (Wildman–Crippen LogP) is 3.88. The predicted molar refractivity (Wildman–Crippen MR) is 98.0 cm³/mol. The van der Waals surface area contributed by atoms with Crippen LogP contribution in [0.2, 0.25) is 0 Å². The first-order valence-electron chi connectivity index (χ1n) is 7.69. The molecule has 3 aromatic rings. The van der Waals surface area contributed by atoms with Crippen molar-refractivity contribution in [2.45, 2.75) is 4.90 Å². The minimum absolute atomic E-state index is 0.0431. The maximum absolute atomic E-state index is 13.6. The second kappa shape index (κ2) is 7.37. The first-order valence-corrected chi connectivity index (χ1v) is 9.18. The van der Waals surface area contributed by atoms with Gasteiger partial charge in [-0.25, -0.2) is 12.8 Å². The fraction of sp³-hybridized carbons (Fsp3) is 0. The van der Waals surface area contributed by atoms with Gasteiger partial charge in [0.25, 0.3) is 15.9 Å². The molecule has 0 aromatic heterocycles. The number of sulfonamides is 1. The molecule has 0 bridgehead atoms. The SMILES string of the molecule is O=C(Nc1ccc(S(=O)(=O)Nc2ccccc2F)cc1)c1ccccc1. The molecule has 0 spiro atoms. The minimum atomic E-state index is -3.94. The van der Waals surface area contributed by atoms with Crippen LogP contribution in [0.5, 0.6) is 0 Å². The summed E-state index contributed by atoms with van der Waals surface area (Å²) >= 11 is 0. The van der Waals surface area contributed by atoms with Gasteiger partial charge in [0.05, 0.1) is 10.6 Å². The summed E-state index contributed by atoms with van der Waals surface area (Å²) in [7, 11) is -3.94. The van der Waals surface area contributed by atoms with E-state index in [-0.39, 0.29) is 16.5 Å². The van der Waals surface area contributed by atoms with Crippen LogP contribution in [-0.4, -0.2) is 14.3 Å². The molecule has 0 aliphatic rings. The standard InChI is InChI=1S/C19H15FN2O3S/c20-17-8-4-5-9-18(17)22-26(24,25)16-12-10-15(11-13-16)21-19(23)14-6-2-1-3-7-14/h1-13,22H,(H,21,23). The molecule has 3 aromatic carbocycles. The molecule has 0 radical (unpaired) electrons. The molecule has 0 atom stereocenters. The highest BCUT2D eigenvalue weighted by Gasteiger charge is 2.16. The number of halogens is 1. The molecule has 0 aliphatic carbocycles. The third-order valence-corrected chi connectivity index (χ3v) is 4.96. The normalized spacial score (nSPS) is 11.0. The summed E-state index contributed by atoms with van der Waals surface area (Å²) in [5.74, 6) is -0.964. The number of hydrogen-bond donors (Lipinski definition) is 2. The maximum atomic E-state index is 13.6. The molecule has 2 N–H and O–H groups in total. The summed E-state index contributed by atoms with van der Waals surface area (Å²) < 4.78 is 40.5. The Morgan fingerprint density at radius 2 is 1.42 bits per heavy atom. The highest BCUT2D eigenvalue weighted by Crippen LogP contribution is 2.20. The fourth-order valence-electron chi connectivity index (χ4n) is 2.26. The Hall–Kier alpha value is -3.19. The summed E-state index contributed by atoms with van der Waals surface area (Å²) in [6.07, 6.45) is 0. The van der Waals surface area contributed by atoms with Crippen molar-refractivity contribution in [3.05, 3.63) is 90.2 Å². The van der Waals surface area contributed by atoms with Crippen molar-refractivity contribution < 1.29 is 17.6 Å². The van der Waals surface area contributed by atoms with E-state index in [2.05, 4.69) is 10.0 Å². The molecule has 0 fully saturated rings. The quantitative estimate of drug-likeness (QED) is 0.716. The second-order valence-corrected chi connectivity index (χ2v) is 7.11. The molecule has 0 saturated heterocycles. The van der Waals surface area contributed by atoms with E-state index in [4.69, 9.17) is 0 Å². The molecule has 132 valence electrons. The van der Waals surface area contributed by atoms with Crippen LogP contribution in [0.25, 0.3) is 0 Å². The third-order valence-electron chi connectivity index (χ3n) is 3.58. The topological polar surface area (TPSA) is 75.3 Å². The van der Waals surface area contributed by atoms with Crippen molar-refractivity contribution in [1.29, 1.82) is 0 Å². The van der Waals surface area contributed by atoms with Crippen LogP contribution in [0.1, 0.15) is 10.4 Å². The van der Waals surface area contributed by atoms with Crippen LogP contribution >= 0.6 is 0 Å². The fourth-order valence-corrected chi connectivity index (χ4v) is 3.33. The van der Waals surface area contributed by atoms with Gasteiger partial charge in [0, 0.05) is 11.3 Å². The summed E-state index contributed by atoms with van der Waals surface area (Å²) in [5.41, 5.74) is 0.808. The van der Waals surface area contributed by atoms with Gasteiger partial charge in [-0.2, -0.15) is 0 Å². The Labute approximate surface area is 150 Å². The summed E-state index contributed by atoms with van der Waals surface area (Å²) in [5, 5.41) is 2.68. The maximum Gasteiger partial charge on any atom is 0.261 e. The molecule has 3 rings (SSSR count). The first kappa shape index (κ1) is 17.6. The average molecular weight is 370 g/mol. The van der Waals surface area contributed by atoms with Crippen molar-refractivity contribution >= 4 is 27.3 Å². The van der Waals surface area contributed by atoms with Gasteiger partial charge in [0.2, 0.25) is 0 Å². The zero-order valence-corrected chi connectivity index (χ0v) is 14.3. The molecule has 0 saturated carbocycles. The molecule has 26 heavy (non-hydrogen) atoms. The van der Waals surface area contributed by atoms with Crippen LogP contribution in [0.3, 0.4) is 0 Å². The number of carbonyl (C=O) groups is 1. The zero-order chi connectivity index (χ0) is 18.6. The van der Waals surface area contributed by atoms with Crippen molar-refractivity contribution in [2.24, 2.45) is 0 Å². The van der Waals surface area contributed by atoms with E-state index in [9.17, 15) is 17.6 Å². The van der Waals surface area contributed by atoms with Crippen molar-refractivity contribution in [3.8, 4) is 0 Å². The van der Waals surface area contributed by atoms with E-state index in [1.54, 1.807) is 30.3 Å². The summed E-state index contributed by atoms with van der Waals surface area (Å²) in [4.78, 5) is 12.0. The molecular formula is C19H15FN2O3S. The smallest absolute Gasteiger partial charge is 0.261 e. The number of rotatable bonds is 5. The Morgan fingerprint density at radius 1 is 0.808 bits per heavy atom. The van der Waals surface area contributed by atoms with E-state index in [1.165, 1.54) is 48.5 Å². The Balaban J connectivity index is 1.74.